The molecule has 0 bridgehead atoms. The van der Waals surface area contributed by atoms with Gasteiger partial charge < -0.3 is 4.74 Å². The number of para-hydroxylation sites is 1. The summed E-state index contributed by atoms with van der Waals surface area (Å²) in [5.41, 5.74) is 2.80. The predicted molar refractivity (Wildman–Crippen MR) is 64.9 cm³/mol. The van der Waals surface area contributed by atoms with Crippen LogP contribution in [0.25, 0.3) is 0 Å². The van der Waals surface area contributed by atoms with Crippen molar-refractivity contribution in [1.29, 1.82) is 0 Å². The maximum absolute atomic E-state index is 11.1. The molecule has 0 saturated heterocycles. The van der Waals surface area contributed by atoms with Crippen LogP contribution < -0.4 is 4.74 Å². The van der Waals surface area contributed by atoms with Gasteiger partial charge in [0.15, 0.2) is 0 Å². The van der Waals surface area contributed by atoms with E-state index in [1.165, 1.54) is 0 Å². The van der Waals surface area contributed by atoms with Crippen LogP contribution >= 0.6 is 0 Å². The molecule has 0 fully saturated rings. The minimum Gasteiger partial charge on any atom is -0.489 e. The predicted octanol–water partition coefficient (Wildman–Crippen LogP) is 3.43. The van der Waals surface area contributed by atoms with E-state index in [0.29, 0.717) is 6.61 Å². The zero-order valence-corrected chi connectivity index (χ0v) is 9.17. The highest BCUT2D eigenvalue weighted by Crippen LogP contribution is 2.37. The first kappa shape index (κ1) is 10.0. The molecule has 0 amide bonds. The van der Waals surface area contributed by atoms with Crippen molar-refractivity contribution in [2.75, 3.05) is 0 Å². The summed E-state index contributed by atoms with van der Waals surface area (Å²) in [5.74, 6) is 0.744. The van der Waals surface area contributed by atoms with Crippen molar-refractivity contribution in [3.8, 4) is 5.75 Å². The molecule has 0 N–H and O–H groups in total. The molecule has 0 radical (unpaired) electrons. The molecular weight excluding hydrogens is 214 g/mol. The summed E-state index contributed by atoms with van der Waals surface area (Å²) in [5, 5.41) is 3.26. The Kier molecular flexibility index (Phi) is 2.37. The van der Waals surface area contributed by atoms with Crippen LogP contribution in [-0.2, 0) is 6.61 Å². The van der Waals surface area contributed by atoms with Crippen LogP contribution in [0.15, 0.2) is 53.7 Å². The third-order valence-corrected chi connectivity index (χ3v) is 3.05. The van der Waals surface area contributed by atoms with Crippen LogP contribution in [0.2, 0.25) is 0 Å². The Morgan fingerprint density at radius 1 is 1.00 bits per heavy atom. The van der Waals surface area contributed by atoms with E-state index in [2.05, 4.69) is 5.18 Å². The van der Waals surface area contributed by atoms with E-state index in [1.54, 1.807) is 0 Å². The highest BCUT2D eigenvalue weighted by atomic mass is 16.5. The second kappa shape index (κ2) is 4.01. The van der Waals surface area contributed by atoms with E-state index in [1.807, 2.05) is 48.5 Å². The largest absolute Gasteiger partial charge is 0.489 e. The van der Waals surface area contributed by atoms with Crippen LogP contribution in [0.5, 0.6) is 5.75 Å². The van der Waals surface area contributed by atoms with Gasteiger partial charge in [0.25, 0.3) is 0 Å². The molecule has 0 aromatic heterocycles. The zero-order chi connectivity index (χ0) is 11.7. The highest BCUT2D eigenvalue weighted by molar-refractivity contribution is 5.46. The number of ether oxygens (including phenoxy) is 1. The Balaban J connectivity index is 2.22. The summed E-state index contributed by atoms with van der Waals surface area (Å²) in [7, 11) is 0. The van der Waals surface area contributed by atoms with Gasteiger partial charge >= 0.3 is 0 Å². The van der Waals surface area contributed by atoms with Gasteiger partial charge in [-0.1, -0.05) is 47.6 Å². The van der Waals surface area contributed by atoms with Crippen LogP contribution in [0.1, 0.15) is 22.7 Å². The highest BCUT2D eigenvalue weighted by Gasteiger charge is 2.24. The molecule has 3 heteroatoms. The summed E-state index contributed by atoms with van der Waals surface area (Å²) >= 11 is 0. The van der Waals surface area contributed by atoms with Crippen molar-refractivity contribution in [2.24, 2.45) is 5.18 Å². The Bertz CT molecular complexity index is 518. The SMILES string of the molecule is O=NC1c2ccccc2COc2ccccc21. The zero-order valence-electron chi connectivity index (χ0n) is 9.17. The molecule has 0 spiro atoms. The smallest absolute Gasteiger partial charge is 0.146 e. The lowest BCUT2D eigenvalue weighted by Crippen LogP contribution is -1.98. The Morgan fingerprint density at radius 3 is 2.53 bits per heavy atom. The van der Waals surface area contributed by atoms with Gasteiger partial charge in [0.2, 0.25) is 0 Å². The third-order valence-electron chi connectivity index (χ3n) is 3.05. The minimum atomic E-state index is -0.468. The molecule has 0 aliphatic carbocycles. The van der Waals surface area contributed by atoms with Crippen molar-refractivity contribution in [3.63, 3.8) is 0 Å². The lowest BCUT2D eigenvalue weighted by molar-refractivity contribution is 0.307. The molecular formula is C14H11NO2. The van der Waals surface area contributed by atoms with Crippen molar-refractivity contribution >= 4 is 0 Å². The molecule has 2 aromatic carbocycles. The summed E-state index contributed by atoms with van der Waals surface area (Å²) in [6.07, 6.45) is 0. The van der Waals surface area contributed by atoms with Crippen LogP contribution in [0.3, 0.4) is 0 Å². The fourth-order valence-corrected chi connectivity index (χ4v) is 2.21. The fourth-order valence-electron chi connectivity index (χ4n) is 2.21. The van der Waals surface area contributed by atoms with E-state index in [9.17, 15) is 4.91 Å². The second-order valence-electron chi connectivity index (χ2n) is 4.03. The Morgan fingerprint density at radius 2 is 1.71 bits per heavy atom. The van der Waals surface area contributed by atoms with Crippen molar-refractivity contribution in [2.45, 2.75) is 12.6 Å². The van der Waals surface area contributed by atoms with Crippen LogP contribution in [-0.4, -0.2) is 0 Å². The number of benzene rings is 2. The van der Waals surface area contributed by atoms with Crippen molar-refractivity contribution < 1.29 is 4.74 Å². The normalized spacial score (nSPS) is 17.3. The number of nitrogens with zero attached hydrogens (tertiary/aromatic N) is 1. The van der Waals surface area contributed by atoms with Gasteiger partial charge in [-0.2, -0.15) is 0 Å². The molecule has 3 nitrogen and oxygen atoms in total. The number of nitroso groups, excluding NO2 is 1. The first-order chi connectivity index (χ1) is 8.40. The first-order valence-corrected chi connectivity index (χ1v) is 5.52. The summed E-state index contributed by atoms with van der Waals surface area (Å²) < 4.78 is 5.71. The summed E-state index contributed by atoms with van der Waals surface area (Å²) in [4.78, 5) is 11.1. The fraction of sp³-hybridized carbons (Fsp3) is 0.143. The average molecular weight is 225 g/mol. The summed E-state index contributed by atoms with van der Waals surface area (Å²) in [6.45, 7) is 0.485. The van der Waals surface area contributed by atoms with E-state index < -0.39 is 6.04 Å². The second-order valence-corrected chi connectivity index (χ2v) is 4.03. The maximum atomic E-state index is 11.1. The quantitative estimate of drug-likeness (QED) is 0.697. The maximum Gasteiger partial charge on any atom is 0.146 e. The molecule has 1 aliphatic rings. The molecule has 1 unspecified atom stereocenters. The van der Waals surface area contributed by atoms with Crippen LogP contribution in [0, 0.1) is 4.91 Å². The average Bonchev–Trinajstić information content (AvgIpc) is 2.55. The van der Waals surface area contributed by atoms with E-state index in [0.717, 1.165) is 22.4 Å². The van der Waals surface area contributed by atoms with E-state index in [4.69, 9.17) is 4.74 Å². The number of hydrogen-bond donors (Lipinski definition) is 0. The standard InChI is InChI=1S/C14H11NO2/c16-15-14-11-6-2-1-5-10(11)9-17-13-8-4-3-7-12(13)14/h1-8,14H,9H2. The Labute approximate surface area is 99.0 Å². The third kappa shape index (κ3) is 1.60. The van der Waals surface area contributed by atoms with Crippen LogP contribution in [0.4, 0.5) is 0 Å². The van der Waals surface area contributed by atoms with Gasteiger partial charge in [-0.3, -0.25) is 0 Å². The topological polar surface area (TPSA) is 38.7 Å². The molecule has 0 saturated carbocycles. The van der Waals surface area contributed by atoms with Gasteiger partial charge in [-0.25, -0.2) is 0 Å². The van der Waals surface area contributed by atoms with Crippen molar-refractivity contribution in [3.05, 3.63) is 70.1 Å². The molecule has 17 heavy (non-hydrogen) atoms. The van der Waals surface area contributed by atoms with Gasteiger partial charge in [-0.05, 0) is 17.2 Å². The number of hydrogen-bond acceptors (Lipinski definition) is 3. The Hall–Kier alpha value is -2.16. The molecule has 3 rings (SSSR count). The van der Waals surface area contributed by atoms with E-state index >= 15 is 0 Å². The monoisotopic (exact) mass is 225 g/mol. The first-order valence-electron chi connectivity index (χ1n) is 5.52. The molecule has 1 aliphatic heterocycles. The molecule has 84 valence electrons. The minimum absolute atomic E-state index is 0.468. The summed E-state index contributed by atoms with van der Waals surface area (Å²) in [6, 6.07) is 14.9. The van der Waals surface area contributed by atoms with Crippen molar-refractivity contribution in [1.82, 2.24) is 0 Å². The molecule has 2 aromatic rings. The van der Waals surface area contributed by atoms with Gasteiger partial charge in [-0.15, -0.1) is 4.91 Å². The van der Waals surface area contributed by atoms with Gasteiger partial charge in [0.05, 0.1) is 0 Å². The number of fused-ring (bicyclic) bond motifs is 2. The number of rotatable bonds is 1. The molecule has 1 heterocycles. The lowest BCUT2D eigenvalue weighted by atomic mass is 9.96. The van der Waals surface area contributed by atoms with Gasteiger partial charge in [0.1, 0.15) is 18.4 Å². The lowest BCUT2D eigenvalue weighted by Gasteiger charge is -2.10. The van der Waals surface area contributed by atoms with Gasteiger partial charge in [0, 0.05) is 5.56 Å². The van der Waals surface area contributed by atoms with E-state index in [-0.39, 0.29) is 0 Å². The molecule has 1 atom stereocenters.